The molecule has 1 fully saturated rings. The fraction of sp³-hybridized carbons (Fsp3) is 0.438. The number of Topliss-reactive ketones (excluding diaryl/α,β-unsaturated/α-hetero) is 1. The van der Waals surface area contributed by atoms with Crippen molar-refractivity contribution < 1.29 is 13.2 Å². The summed E-state index contributed by atoms with van der Waals surface area (Å²) in [4.78, 5) is 23.6. The van der Waals surface area contributed by atoms with Crippen molar-refractivity contribution in [2.24, 2.45) is 0 Å². The summed E-state index contributed by atoms with van der Waals surface area (Å²) in [7, 11) is -3.64. The summed E-state index contributed by atoms with van der Waals surface area (Å²) in [6, 6.07) is 1.86. The zero-order valence-corrected chi connectivity index (χ0v) is 17.8. The van der Waals surface area contributed by atoms with Crippen LogP contribution < -0.4 is 0 Å². The lowest BCUT2D eigenvalue weighted by atomic mass is 9.96. The Morgan fingerprint density at radius 1 is 1.32 bits per heavy atom. The first-order valence-electron chi connectivity index (χ1n) is 8.54. The highest BCUT2D eigenvalue weighted by Crippen LogP contribution is 2.31. The molecule has 0 aromatic carbocycles. The van der Waals surface area contributed by atoms with Crippen LogP contribution in [-0.2, 0) is 21.2 Å². The number of fused-ring (bicyclic) bond motifs is 1. The molecule has 0 aliphatic carbocycles. The maximum Gasteiger partial charge on any atom is 0.254 e. The molecular formula is C16H20N6O3S3. The van der Waals surface area contributed by atoms with Crippen molar-refractivity contribution in [3.63, 3.8) is 0 Å². The number of hydrogen-bond acceptors (Lipinski definition) is 8. The molecule has 0 radical (unpaired) electrons. The summed E-state index contributed by atoms with van der Waals surface area (Å²) in [6.45, 7) is 2.29. The maximum atomic E-state index is 13.0. The Morgan fingerprint density at radius 2 is 2.14 bits per heavy atom. The minimum Gasteiger partial charge on any atom is -0.300 e. The van der Waals surface area contributed by atoms with Crippen LogP contribution in [0.5, 0.6) is 0 Å². The Morgan fingerprint density at radius 3 is 2.93 bits per heavy atom. The van der Waals surface area contributed by atoms with Gasteiger partial charge in [0.05, 0.1) is 18.3 Å². The van der Waals surface area contributed by atoms with Gasteiger partial charge in [0.15, 0.2) is 4.21 Å². The summed E-state index contributed by atoms with van der Waals surface area (Å²) in [5, 5.41) is 4.73. The van der Waals surface area contributed by atoms with Crippen LogP contribution in [-0.4, -0.2) is 56.2 Å². The SMILES string of the molecule is CC(=O)Cc1ncc(S(=O)(=O)N2CCC[C@H](c3ccnc4ncnn34)C2)s1.S. The van der Waals surface area contributed by atoms with Crippen LogP contribution >= 0.6 is 24.8 Å². The number of piperidine rings is 1. The van der Waals surface area contributed by atoms with Crippen LogP contribution in [0.3, 0.4) is 0 Å². The van der Waals surface area contributed by atoms with Gasteiger partial charge in [-0.1, -0.05) is 0 Å². The van der Waals surface area contributed by atoms with Crippen molar-refractivity contribution in [3.8, 4) is 0 Å². The first kappa shape index (κ1) is 20.8. The molecule has 0 unspecified atom stereocenters. The minimum absolute atomic E-state index is 0. The highest BCUT2D eigenvalue weighted by Gasteiger charge is 2.33. The molecule has 1 atom stereocenters. The van der Waals surface area contributed by atoms with Gasteiger partial charge in [0, 0.05) is 25.2 Å². The van der Waals surface area contributed by atoms with E-state index in [0.29, 0.717) is 23.9 Å². The van der Waals surface area contributed by atoms with E-state index in [1.807, 2.05) is 6.07 Å². The predicted octanol–water partition coefficient (Wildman–Crippen LogP) is 1.39. The van der Waals surface area contributed by atoms with Crippen LogP contribution in [0.15, 0.2) is 29.0 Å². The molecule has 1 aliphatic rings. The minimum atomic E-state index is -3.64. The van der Waals surface area contributed by atoms with Gasteiger partial charge in [-0.2, -0.15) is 27.9 Å². The fourth-order valence-electron chi connectivity index (χ4n) is 3.30. The average Bonchev–Trinajstić information content (AvgIpc) is 3.30. The van der Waals surface area contributed by atoms with Crippen molar-refractivity contribution in [3.05, 3.63) is 35.5 Å². The Kier molecular flexibility index (Phi) is 6.12. The molecule has 1 saturated heterocycles. The zero-order valence-electron chi connectivity index (χ0n) is 15.1. The molecule has 0 spiro atoms. The van der Waals surface area contributed by atoms with Gasteiger partial charge in [0.1, 0.15) is 17.1 Å². The third kappa shape index (κ3) is 3.95. The fourth-order valence-corrected chi connectivity index (χ4v) is 6.23. The van der Waals surface area contributed by atoms with Crippen molar-refractivity contribution in [1.82, 2.24) is 28.9 Å². The van der Waals surface area contributed by atoms with Crippen LogP contribution in [0.4, 0.5) is 0 Å². The van der Waals surface area contributed by atoms with Gasteiger partial charge in [-0.25, -0.2) is 22.9 Å². The molecule has 0 bridgehead atoms. The lowest BCUT2D eigenvalue weighted by Gasteiger charge is -2.31. The summed E-state index contributed by atoms with van der Waals surface area (Å²) < 4.78 is 29.4. The largest absolute Gasteiger partial charge is 0.300 e. The van der Waals surface area contributed by atoms with E-state index in [9.17, 15) is 13.2 Å². The molecule has 3 aromatic heterocycles. The summed E-state index contributed by atoms with van der Waals surface area (Å²) >= 11 is 1.06. The van der Waals surface area contributed by atoms with Gasteiger partial charge >= 0.3 is 0 Å². The van der Waals surface area contributed by atoms with Gasteiger partial charge in [-0.05, 0) is 25.8 Å². The average molecular weight is 441 g/mol. The number of rotatable bonds is 5. The summed E-state index contributed by atoms with van der Waals surface area (Å²) in [5.74, 6) is 0.468. The number of aromatic nitrogens is 5. The molecule has 9 nitrogen and oxygen atoms in total. The van der Waals surface area contributed by atoms with E-state index >= 15 is 0 Å². The number of thiazole rings is 1. The van der Waals surface area contributed by atoms with Crippen molar-refractivity contribution >= 4 is 46.4 Å². The highest BCUT2D eigenvalue weighted by molar-refractivity contribution is 7.91. The maximum absolute atomic E-state index is 13.0. The molecule has 3 aromatic rings. The smallest absolute Gasteiger partial charge is 0.254 e. The van der Waals surface area contributed by atoms with Crippen LogP contribution in [0.1, 0.15) is 36.4 Å². The molecule has 28 heavy (non-hydrogen) atoms. The van der Waals surface area contributed by atoms with Crippen molar-refractivity contribution in [1.29, 1.82) is 0 Å². The number of hydrogen-bond donors (Lipinski definition) is 0. The predicted molar refractivity (Wildman–Crippen MR) is 108 cm³/mol. The second kappa shape index (κ2) is 8.23. The highest BCUT2D eigenvalue weighted by atomic mass is 32.2. The monoisotopic (exact) mass is 440 g/mol. The standard InChI is InChI=1S/C16H18N6O3S2.H2S/c1-11(23)7-14-18-8-15(26-14)27(24,25)21-6-2-3-12(9-21)13-4-5-17-16-19-10-20-22(13)16;/h4-5,8,10,12H,2-3,6-7,9H2,1H3;1H2/t12-;/m0./s1. The molecule has 150 valence electrons. The first-order valence-corrected chi connectivity index (χ1v) is 10.8. The molecule has 0 amide bonds. The number of sulfonamides is 1. The number of nitrogens with zero attached hydrogens (tertiary/aromatic N) is 6. The Hall–Kier alpha value is -1.89. The van der Waals surface area contributed by atoms with Gasteiger partial charge in [0.2, 0.25) is 0 Å². The summed E-state index contributed by atoms with van der Waals surface area (Å²) in [5.41, 5.74) is 0.902. The van der Waals surface area contributed by atoms with E-state index in [2.05, 4.69) is 20.1 Å². The summed E-state index contributed by atoms with van der Waals surface area (Å²) in [6.07, 6.45) is 6.24. The van der Waals surface area contributed by atoms with Gasteiger partial charge in [-0.3, -0.25) is 4.79 Å². The molecule has 1 aliphatic heterocycles. The van der Waals surface area contributed by atoms with E-state index in [4.69, 9.17) is 0 Å². The van der Waals surface area contributed by atoms with Gasteiger partial charge in [-0.15, -0.1) is 11.3 Å². The lowest BCUT2D eigenvalue weighted by molar-refractivity contribution is -0.116. The first-order chi connectivity index (χ1) is 12.9. The molecular weight excluding hydrogens is 420 g/mol. The molecule has 12 heteroatoms. The lowest BCUT2D eigenvalue weighted by Crippen LogP contribution is -2.39. The normalized spacial score (nSPS) is 18.1. The van der Waals surface area contributed by atoms with E-state index in [1.54, 1.807) is 10.7 Å². The Labute approximate surface area is 173 Å². The quantitative estimate of drug-likeness (QED) is 0.589. The molecule has 4 rings (SSSR count). The van der Waals surface area contributed by atoms with E-state index in [1.165, 1.54) is 23.8 Å². The second-order valence-electron chi connectivity index (χ2n) is 6.50. The van der Waals surface area contributed by atoms with E-state index < -0.39 is 10.0 Å². The number of carbonyl (C=O) groups excluding carboxylic acids is 1. The van der Waals surface area contributed by atoms with Crippen LogP contribution in [0, 0.1) is 0 Å². The van der Waals surface area contributed by atoms with Gasteiger partial charge < -0.3 is 0 Å². The van der Waals surface area contributed by atoms with E-state index in [-0.39, 0.29) is 35.8 Å². The Bertz CT molecular complexity index is 1090. The Balaban J connectivity index is 0.00000225. The van der Waals surface area contributed by atoms with Crippen LogP contribution in [0.25, 0.3) is 5.78 Å². The third-order valence-electron chi connectivity index (χ3n) is 4.54. The molecule has 4 heterocycles. The number of ketones is 1. The van der Waals surface area contributed by atoms with Crippen molar-refractivity contribution in [2.45, 2.75) is 36.3 Å². The third-order valence-corrected chi connectivity index (χ3v) is 7.84. The topological polar surface area (TPSA) is 110 Å². The van der Waals surface area contributed by atoms with Crippen LogP contribution in [0.2, 0.25) is 0 Å². The van der Waals surface area contributed by atoms with Crippen molar-refractivity contribution in [2.75, 3.05) is 13.1 Å². The molecule has 0 saturated carbocycles. The second-order valence-corrected chi connectivity index (χ2v) is 9.78. The number of carbonyl (C=O) groups is 1. The van der Waals surface area contributed by atoms with E-state index in [0.717, 1.165) is 29.9 Å². The van der Waals surface area contributed by atoms with Gasteiger partial charge in [0.25, 0.3) is 15.8 Å². The zero-order chi connectivity index (χ0) is 19.0. The molecule has 0 N–H and O–H groups in total.